The van der Waals surface area contributed by atoms with Crippen LogP contribution in [0.15, 0.2) is 12.3 Å². The van der Waals surface area contributed by atoms with E-state index in [4.69, 9.17) is 9.84 Å². The summed E-state index contributed by atoms with van der Waals surface area (Å²) >= 11 is 0. The Hall–Kier alpha value is -1.85. The number of rotatable bonds is 7. The SMILES string of the molecule is CCOc1ccnc(NCCCC(=O)O)n1. The molecule has 1 aromatic rings. The van der Waals surface area contributed by atoms with Crippen molar-refractivity contribution in [2.75, 3.05) is 18.5 Å². The first kappa shape index (κ1) is 12.2. The van der Waals surface area contributed by atoms with Crippen molar-refractivity contribution in [1.82, 2.24) is 9.97 Å². The molecule has 0 spiro atoms. The summed E-state index contributed by atoms with van der Waals surface area (Å²) in [6.45, 7) is 2.96. The highest BCUT2D eigenvalue weighted by atomic mass is 16.5. The van der Waals surface area contributed by atoms with Crippen molar-refractivity contribution in [2.24, 2.45) is 0 Å². The lowest BCUT2D eigenvalue weighted by Crippen LogP contribution is -2.08. The Bertz CT molecular complexity index is 344. The summed E-state index contributed by atoms with van der Waals surface area (Å²) in [6, 6.07) is 1.67. The Labute approximate surface area is 93.7 Å². The van der Waals surface area contributed by atoms with Crippen LogP contribution in [0.3, 0.4) is 0 Å². The van der Waals surface area contributed by atoms with E-state index in [0.717, 1.165) is 0 Å². The van der Waals surface area contributed by atoms with Gasteiger partial charge in [-0.3, -0.25) is 4.79 Å². The highest BCUT2D eigenvalue weighted by Gasteiger charge is 2.00. The first-order chi connectivity index (χ1) is 7.72. The van der Waals surface area contributed by atoms with Crippen molar-refractivity contribution in [3.8, 4) is 5.88 Å². The number of hydrogen-bond acceptors (Lipinski definition) is 5. The van der Waals surface area contributed by atoms with Gasteiger partial charge in [0.25, 0.3) is 0 Å². The Balaban J connectivity index is 2.35. The monoisotopic (exact) mass is 225 g/mol. The zero-order valence-electron chi connectivity index (χ0n) is 9.14. The molecule has 1 rings (SSSR count). The van der Waals surface area contributed by atoms with Gasteiger partial charge in [0.15, 0.2) is 0 Å². The molecule has 0 radical (unpaired) electrons. The molecule has 0 fully saturated rings. The summed E-state index contributed by atoms with van der Waals surface area (Å²) in [4.78, 5) is 18.3. The van der Waals surface area contributed by atoms with E-state index in [1.165, 1.54) is 0 Å². The van der Waals surface area contributed by atoms with E-state index < -0.39 is 5.97 Å². The molecule has 0 aliphatic rings. The van der Waals surface area contributed by atoms with Crippen molar-refractivity contribution in [1.29, 1.82) is 0 Å². The maximum Gasteiger partial charge on any atom is 0.303 e. The van der Waals surface area contributed by atoms with Gasteiger partial charge in [-0.05, 0) is 13.3 Å². The van der Waals surface area contributed by atoms with Gasteiger partial charge in [0, 0.05) is 25.2 Å². The van der Waals surface area contributed by atoms with Crippen molar-refractivity contribution in [2.45, 2.75) is 19.8 Å². The van der Waals surface area contributed by atoms with Crippen LogP contribution in [0.1, 0.15) is 19.8 Å². The number of hydrogen-bond donors (Lipinski definition) is 2. The summed E-state index contributed by atoms with van der Waals surface area (Å²) in [7, 11) is 0. The number of nitrogens with one attached hydrogen (secondary N) is 1. The maximum absolute atomic E-state index is 10.3. The van der Waals surface area contributed by atoms with Crippen LogP contribution < -0.4 is 10.1 Å². The minimum Gasteiger partial charge on any atom is -0.481 e. The maximum atomic E-state index is 10.3. The molecular formula is C10H15N3O3. The molecule has 0 aromatic carbocycles. The largest absolute Gasteiger partial charge is 0.481 e. The van der Waals surface area contributed by atoms with Gasteiger partial charge in [0.2, 0.25) is 11.8 Å². The minimum atomic E-state index is -0.800. The molecule has 16 heavy (non-hydrogen) atoms. The lowest BCUT2D eigenvalue weighted by Gasteiger charge is -2.05. The highest BCUT2D eigenvalue weighted by molar-refractivity contribution is 5.66. The quantitative estimate of drug-likeness (QED) is 0.677. The summed E-state index contributed by atoms with van der Waals surface area (Å²) in [6.07, 6.45) is 2.27. The zero-order chi connectivity index (χ0) is 11.8. The van der Waals surface area contributed by atoms with E-state index >= 15 is 0 Å². The van der Waals surface area contributed by atoms with E-state index in [1.54, 1.807) is 12.3 Å². The molecular weight excluding hydrogens is 210 g/mol. The van der Waals surface area contributed by atoms with Crippen LogP contribution in [0.5, 0.6) is 5.88 Å². The summed E-state index contributed by atoms with van der Waals surface area (Å²) < 4.78 is 5.21. The topological polar surface area (TPSA) is 84.3 Å². The van der Waals surface area contributed by atoms with E-state index in [1.807, 2.05) is 6.92 Å². The molecule has 6 heteroatoms. The molecule has 0 amide bonds. The van der Waals surface area contributed by atoms with Crippen molar-refractivity contribution < 1.29 is 14.6 Å². The van der Waals surface area contributed by atoms with Gasteiger partial charge in [-0.25, -0.2) is 4.98 Å². The number of aliphatic carboxylic acids is 1. The standard InChI is InChI=1S/C10H15N3O3/c1-2-16-8-5-7-12-10(13-8)11-6-3-4-9(14)15/h5,7H,2-4,6H2,1H3,(H,14,15)(H,11,12,13). The van der Waals surface area contributed by atoms with E-state index in [9.17, 15) is 4.79 Å². The third kappa shape index (κ3) is 4.59. The number of aromatic nitrogens is 2. The molecule has 0 unspecified atom stereocenters. The van der Waals surface area contributed by atoms with Gasteiger partial charge in [-0.15, -0.1) is 0 Å². The molecule has 0 aliphatic heterocycles. The lowest BCUT2D eigenvalue weighted by molar-refractivity contribution is -0.137. The predicted molar refractivity (Wildman–Crippen MR) is 58.6 cm³/mol. The molecule has 0 aliphatic carbocycles. The number of ether oxygens (including phenoxy) is 1. The summed E-state index contributed by atoms with van der Waals surface area (Å²) in [5.41, 5.74) is 0. The minimum absolute atomic E-state index is 0.137. The van der Waals surface area contributed by atoms with Crippen LogP contribution in [0, 0.1) is 0 Å². The van der Waals surface area contributed by atoms with E-state index in [2.05, 4.69) is 15.3 Å². The van der Waals surface area contributed by atoms with Crippen molar-refractivity contribution >= 4 is 11.9 Å². The highest BCUT2D eigenvalue weighted by Crippen LogP contribution is 2.07. The molecule has 6 nitrogen and oxygen atoms in total. The third-order valence-electron chi connectivity index (χ3n) is 1.77. The first-order valence-electron chi connectivity index (χ1n) is 5.14. The van der Waals surface area contributed by atoms with E-state index in [-0.39, 0.29) is 6.42 Å². The number of carboxylic acids is 1. The average Bonchev–Trinajstić information content (AvgIpc) is 2.25. The van der Waals surface area contributed by atoms with Crippen LogP contribution in [0.4, 0.5) is 5.95 Å². The van der Waals surface area contributed by atoms with Gasteiger partial charge < -0.3 is 15.2 Å². The Morgan fingerprint density at radius 1 is 1.62 bits per heavy atom. The molecule has 1 aromatic heterocycles. The molecule has 0 saturated heterocycles. The van der Waals surface area contributed by atoms with Gasteiger partial charge in [-0.1, -0.05) is 0 Å². The van der Waals surface area contributed by atoms with Crippen LogP contribution in [-0.4, -0.2) is 34.2 Å². The van der Waals surface area contributed by atoms with Crippen LogP contribution in [0.2, 0.25) is 0 Å². The molecule has 2 N–H and O–H groups in total. The fraction of sp³-hybridized carbons (Fsp3) is 0.500. The molecule has 1 heterocycles. The normalized spacial score (nSPS) is 9.81. The second kappa shape index (κ2) is 6.60. The average molecular weight is 225 g/mol. The van der Waals surface area contributed by atoms with Crippen molar-refractivity contribution in [3.63, 3.8) is 0 Å². The van der Waals surface area contributed by atoms with Gasteiger partial charge in [0.05, 0.1) is 6.61 Å². The third-order valence-corrected chi connectivity index (χ3v) is 1.77. The summed E-state index contributed by atoms with van der Waals surface area (Å²) in [5, 5.41) is 11.4. The van der Waals surface area contributed by atoms with Crippen LogP contribution in [-0.2, 0) is 4.79 Å². The number of nitrogens with zero attached hydrogens (tertiary/aromatic N) is 2. The van der Waals surface area contributed by atoms with Gasteiger partial charge in [0.1, 0.15) is 0 Å². The Morgan fingerprint density at radius 3 is 3.12 bits per heavy atom. The number of anilines is 1. The first-order valence-corrected chi connectivity index (χ1v) is 5.14. The molecule has 0 saturated carbocycles. The Kier molecular flexibility index (Phi) is 5.04. The Morgan fingerprint density at radius 2 is 2.44 bits per heavy atom. The second-order valence-corrected chi connectivity index (χ2v) is 3.08. The van der Waals surface area contributed by atoms with Crippen LogP contribution in [0.25, 0.3) is 0 Å². The van der Waals surface area contributed by atoms with Gasteiger partial charge >= 0.3 is 5.97 Å². The van der Waals surface area contributed by atoms with E-state index in [0.29, 0.717) is 31.4 Å². The zero-order valence-corrected chi connectivity index (χ0v) is 9.14. The molecule has 0 atom stereocenters. The lowest BCUT2D eigenvalue weighted by atomic mass is 10.3. The molecule has 88 valence electrons. The predicted octanol–water partition coefficient (Wildman–Crippen LogP) is 1.15. The number of carboxylic acid groups (broad SMARTS) is 1. The van der Waals surface area contributed by atoms with Crippen molar-refractivity contribution in [3.05, 3.63) is 12.3 Å². The molecule has 0 bridgehead atoms. The summed E-state index contributed by atoms with van der Waals surface area (Å²) in [5.74, 6) is 0.167. The fourth-order valence-corrected chi connectivity index (χ4v) is 1.10. The fourth-order valence-electron chi connectivity index (χ4n) is 1.10. The second-order valence-electron chi connectivity index (χ2n) is 3.08. The number of carbonyl (C=O) groups is 1. The smallest absolute Gasteiger partial charge is 0.303 e. The van der Waals surface area contributed by atoms with Gasteiger partial charge in [-0.2, -0.15) is 4.98 Å². The van der Waals surface area contributed by atoms with Crippen LogP contribution >= 0.6 is 0 Å².